The van der Waals surface area contributed by atoms with Gasteiger partial charge < -0.3 is 9.64 Å². The fourth-order valence-corrected chi connectivity index (χ4v) is 5.48. The van der Waals surface area contributed by atoms with Crippen LogP contribution in [-0.2, 0) is 4.74 Å². The molecule has 1 aliphatic heterocycles. The number of halogens is 2. The van der Waals surface area contributed by atoms with Crippen molar-refractivity contribution in [2.24, 2.45) is 5.92 Å². The monoisotopic (exact) mass is 536 g/mol. The maximum atomic E-state index is 12.2. The summed E-state index contributed by atoms with van der Waals surface area (Å²) in [6.45, 7) is 3.71. The summed E-state index contributed by atoms with van der Waals surface area (Å²) < 4.78 is 6.25. The van der Waals surface area contributed by atoms with Crippen molar-refractivity contribution in [3.05, 3.63) is 63.9 Å². The molecule has 0 bridgehead atoms. The van der Waals surface area contributed by atoms with E-state index in [1.54, 1.807) is 0 Å². The molecular formula is C24H26ClIN2O2. The zero-order valence-electron chi connectivity index (χ0n) is 17.1. The van der Waals surface area contributed by atoms with E-state index in [2.05, 4.69) is 46.9 Å². The van der Waals surface area contributed by atoms with Crippen LogP contribution < -0.4 is 0 Å². The van der Waals surface area contributed by atoms with Crippen LogP contribution in [0, 0.1) is 5.92 Å². The molecule has 158 valence electrons. The first-order valence-corrected chi connectivity index (χ1v) is 12.5. The highest BCUT2D eigenvalue weighted by Crippen LogP contribution is 2.45. The summed E-state index contributed by atoms with van der Waals surface area (Å²) >= 11 is 8.81. The predicted molar refractivity (Wildman–Crippen MR) is 130 cm³/mol. The summed E-state index contributed by atoms with van der Waals surface area (Å²) in [6, 6.07) is 10.5. The van der Waals surface area contributed by atoms with Crippen molar-refractivity contribution in [2.75, 3.05) is 24.1 Å². The highest BCUT2D eigenvalue weighted by Gasteiger charge is 2.35. The Kier molecular flexibility index (Phi) is 6.98. The Morgan fingerprint density at radius 2 is 2.10 bits per heavy atom. The molecule has 2 aromatic rings. The largest absolute Gasteiger partial charge is 0.450 e. The highest BCUT2D eigenvalue weighted by atomic mass is 127. The Balaban J connectivity index is 1.73. The van der Waals surface area contributed by atoms with Crippen molar-refractivity contribution in [3.63, 3.8) is 0 Å². The van der Waals surface area contributed by atoms with E-state index in [-0.39, 0.29) is 12.0 Å². The molecule has 4 rings (SSSR count). The molecule has 6 heteroatoms. The van der Waals surface area contributed by atoms with Gasteiger partial charge in [0.15, 0.2) is 0 Å². The number of alkyl halides is 1. The first-order valence-electron chi connectivity index (χ1n) is 10.5. The van der Waals surface area contributed by atoms with Gasteiger partial charge in [0.05, 0.1) is 12.3 Å². The number of carbonyl (C=O) groups is 1. The standard InChI is InChI=1S/C24H26ClIN2O2/c1-2-30-24(29)28-12-8-16(9-13-28)22-20-6-5-19(25)15-18(20)14-17(7-10-26)21-4-3-11-27-23(21)22/h3-6,11,14-16,22H,2,7-10,12-13H2,1H3. The highest BCUT2D eigenvalue weighted by molar-refractivity contribution is 14.1. The molecule has 1 aliphatic carbocycles. The number of nitrogens with zero attached hydrogens (tertiary/aromatic N) is 2. The average Bonchev–Trinajstić information content (AvgIpc) is 2.89. The van der Waals surface area contributed by atoms with Gasteiger partial charge in [-0.15, -0.1) is 0 Å². The SMILES string of the molecule is CCOC(=O)N1CCC(C2c3ccc(Cl)cc3C=C(CCI)c3cccnc32)CC1. The van der Waals surface area contributed by atoms with E-state index in [1.807, 2.05) is 30.2 Å². The van der Waals surface area contributed by atoms with Crippen LogP contribution in [-0.4, -0.2) is 40.1 Å². The predicted octanol–water partition coefficient (Wildman–Crippen LogP) is 6.41. The molecule has 2 aliphatic rings. The van der Waals surface area contributed by atoms with Crippen LogP contribution in [0.1, 0.15) is 54.5 Å². The topological polar surface area (TPSA) is 42.4 Å². The summed E-state index contributed by atoms with van der Waals surface area (Å²) in [5.74, 6) is 0.609. The van der Waals surface area contributed by atoms with Crippen molar-refractivity contribution in [1.29, 1.82) is 0 Å². The number of fused-ring (bicyclic) bond motifs is 2. The molecule has 1 aromatic carbocycles. The maximum absolute atomic E-state index is 12.2. The van der Waals surface area contributed by atoms with Crippen molar-refractivity contribution >= 4 is 51.9 Å². The molecule has 1 fully saturated rings. The Bertz CT molecular complexity index is 954. The molecule has 1 unspecified atom stereocenters. The van der Waals surface area contributed by atoms with E-state index < -0.39 is 0 Å². The van der Waals surface area contributed by atoms with E-state index >= 15 is 0 Å². The van der Waals surface area contributed by atoms with Crippen molar-refractivity contribution in [2.45, 2.75) is 32.1 Å². The van der Waals surface area contributed by atoms with Crippen LogP contribution in [0.5, 0.6) is 0 Å². The van der Waals surface area contributed by atoms with Crippen LogP contribution in [0.2, 0.25) is 5.02 Å². The van der Waals surface area contributed by atoms with Gasteiger partial charge in [0, 0.05) is 34.7 Å². The number of ether oxygens (including phenoxy) is 1. The third-order valence-electron chi connectivity index (χ3n) is 6.09. The lowest BCUT2D eigenvalue weighted by molar-refractivity contribution is 0.0900. The van der Waals surface area contributed by atoms with Gasteiger partial charge in [-0.3, -0.25) is 4.98 Å². The van der Waals surface area contributed by atoms with E-state index in [0.717, 1.165) is 47.5 Å². The van der Waals surface area contributed by atoms with Gasteiger partial charge in [-0.05, 0) is 72.6 Å². The lowest BCUT2D eigenvalue weighted by Gasteiger charge is -2.36. The van der Waals surface area contributed by atoms with E-state index in [4.69, 9.17) is 21.3 Å². The Labute approximate surface area is 196 Å². The van der Waals surface area contributed by atoms with Crippen LogP contribution in [0.15, 0.2) is 36.5 Å². The molecule has 2 heterocycles. The number of allylic oxidation sites excluding steroid dienone is 1. The first kappa shape index (κ1) is 21.6. The fraction of sp³-hybridized carbons (Fsp3) is 0.417. The molecule has 0 saturated carbocycles. The van der Waals surface area contributed by atoms with Gasteiger partial charge in [-0.1, -0.05) is 52.4 Å². The number of pyridine rings is 1. The van der Waals surface area contributed by atoms with Crippen molar-refractivity contribution < 1.29 is 9.53 Å². The van der Waals surface area contributed by atoms with Crippen molar-refractivity contribution in [1.82, 2.24) is 9.88 Å². The zero-order valence-corrected chi connectivity index (χ0v) is 20.0. The van der Waals surface area contributed by atoms with Crippen LogP contribution >= 0.6 is 34.2 Å². The summed E-state index contributed by atoms with van der Waals surface area (Å²) in [7, 11) is 0. The molecular weight excluding hydrogens is 511 g/mol. The number of piperidine rings is 1. The van der Waals surface area contributed by atoms with Gasteiger partial charge in [0.1, 0.15) is 0 Å². The van der Waals surface area contributed by atoms with Gasteiger partial charge in [-0.25, -0.2) is 4.79 Å². The number of aromatic nitrogens is 1. The Morgan fingerprint density at radius 3 is 2.83 bits per heavy atom. The second-order valence-corrected chi connectivity index (χ2v) is 9.33. The van der Waals surface area contributed by atoms with Gasteiger partial charge in [0.25, 0.3) is 0 Å². The van der Waals surface area contributed by atoms with E-state index in [1.165, 1.54) is 22.3 Å². The molecule has 0 radical (unpaired) electrons. The number of carbonyl (C=O) groups excluding carboxylic acids is 1. The maximum Gasteiger partial charge on any atom is 0.409 e. The average molecular weight is 537 g/mol. The Hall–Kier alpha value is -1.60. The molecule has 1 amide bonds. The van der Waals surface area contributed by atoms with E-state index in [0.29, 0.717) is 12.5 Å². The number of amides is 1. The fourth-order valence-electron chi connectivity index (χ4n) is 4.72. The molecule has 0 spiro atoms. The second kappa shape index (κ2) is 9.69. The first-order chi connectivity index (χ1) is 14.6. The van der Waals surface area contributed by atoms with Crippen LogP contribution in [0.3, 0.4) is 0 Å². The number of likely N-dealkylation sites (tertiary alicyclic amines) is 1. The van der Waals surface area contributed by atoms with Crippen LogP contribution in [0.4, 0.5) is 4.79 Å². The second-order valence-electron chi connectivity index (χ2n) is 7.82. The molecule has 0 N–H and O–H groups in total. The number of hydrogen-bond donors (Lipinski definition) is 0. The molecule has 1 saturated heterocycles. The van der Waals surface area contributed by atoms with Gasteiger partial charge in [0.2, 0.25) is 0 Å². The molecule has 1 aromatic heterocycles. The van der Waals surface area contributed by atoms with Gasteiger partial charge in [-0.2, -0.15) is 0 Å². The third-order valence-corrected chi connectivity index (χ3v) is 6.87. The lowest BCUT2D eigenvalue weighted by atomic mass is 9.76. The smallest absolute Gasteiger partial charge is 0.409 e. The normalized spacial score (nSPS) is 18.8. The van der Waals surface area contributed by atoms with Crippen molar-refractivity contribution in [3.8, 4) is 0 Å². The molecule has 1 atom stereocenters. The summed E-state index contributed by atoms with van der Waals surface area (Å²) in [5.41, 5.74) is 6.21. The van der Waals surface area contributed by atoms with Crippen LogP contribution in [0.25, 0.3) is 11.6 Å². The minimum absolute atomic E-state index is 0.195. The Morgan fingerprint density at radius 1 is 1.30 bits per heavy atom. The molecule has 4 nitrogen and oxygen atoms in total. The summed E-state index contributed by atoms with van der Waals surface area (Å²) in [5, 5.41) is 0.758. The van der Waals surface area contributed by atoms with E-state index in [9.17, 15) is 4.79 Å². The summed E-state index contributed by atoms with van der Waals surface area (Å²) in [6.07, 6.45) is 6.87. The quantitative estimate of drug-likeness (QED) is 0.335. The minimum atomic E-state index is -0.200. The minimum Gasteiger partial charge on any atom is -0.450 e. The van der Waals surface area contributed by atoms with Gasteiger partial charge >= 0.3 is 6.09 Å². The lowest BCUT2D eigenvalue weighted by Crippen LogP contribution is -2.40. The number of hydrogen-bond acceptors (Lipinski definition) is 3. The third kappa shape index (κ3) is 4.37. The summed E-state index contributed by atoms with van der Waals surface area (Å²) in [4.78, 5) is 18.9. The number of rotatable bonds is 4. The molecule has 30 heavy (non-hydrogen) atoms. The number of benzene rings is 1. The zero-order chi connectivity index (χ0) is 21.1.